The Kier molecular flexibility index (Phi) is 6.23. The largest absolute Gasteiger partial charge is 0.378 e. The van der Waals surface area contributed by atoms with Crippen LogP contribution in [0.1, 0.15) is 18.4 Å². The topological polar surface area (TPSA) is 58.6 Å². The van der Waals surface area contributed by atoms with E-state index in [1.165, 1.54) is 5.56 Å². The molecular weight excluding hydrogens is 316 g/mol. The molecule has 2 aliphatic rings. The van der Waals surface area contributed by atoms with Crippen LogP contribution < -0.4 is 5.32 Å². The molecule has 1 aromatic rings. The van der Waals surface area contributed by atoms with Gasteiger partial charge in [0.2, 0.25) is 11.8 Å². The molecule has 0 aromatic heterocycles. The molecule has 3 rings (SSSR count). The molecule has 25 heavy (non-hydrogen) atoms. The van der Waals surface area contributed by atoms with Crippen LogP contribution >= 0.6 is 0 Å². The number of hydrogen-bond acceptors (Lipinski definition) is 3. The number of morpholine rings is 1. The first-order valence-electron chi connectivity index (χ1n) is 9.09. The second kappa shape index (κ2) is 8.81. The van der Waals surface area contributed by atoms with Crippen LogP contribution in [0.4, 0.5) is 0 Å². The second-order valence-electron chi connectivity index (χ2n) is 6.62. The molecule has 1 fully saturated rings. The van der Waals surface area contributed by atoms with Crippen molar-refractivity contribution in [2.24, 2.45) is 11.8 Å². The van der Waals surface area contributed by atoms with Crippen molar-refractivity contribution in [2.75, 3.05) is 32.8 Å². The second-order valence-corrected chi connectivity index (χ2v) is 6.62. The van der Waals surface area contributed by atoms with Gasteiger partial charge in [0.05, 0.1) is 25.0 Å². The predicted octanol–water partition coefficient (Wildman–Crippen LogP) is 1.79. The maximum absolute atomic E-state index is 12.8. The number of ether oxygens (including phenoxy) is 1. The summed E-state index contributed by atoms with van der Waals surface area (Å²) >= 11 is 0. The van der Waals surface area contributed by atoms with Gasteiger partial charge in [0.25, 0.3) is 0 Å². The lowest BCUT2D eigenvalue weighted by Gasteiger charge is -2.34. The summed E-state index contributed by atoms with van der Waals surface area (Å²) in [6.07, 6.45) is 6.13. The molecule has 134 valence electrons. The monoisotopic (exact) mass is 342 g/mol. The van der Waals surface area contributed by atoms with Crippen LogP contribution in [0.15, 0.2) is 42.5 Å². The molecule has 1 N–H and O–H groups in total. The Bertz CT molecular complexity index is 609. The van der Waals surface area contributed by atoms with Crippen molar-refractivity contribution in [3.05, 3.63) is 48.0 Å². The zero-order valence-corrected chi connectivity index (χ0v) is 14.5. The number of carbonyl (C=O) groups excluding carboxylic acids is 2. The Morgan fingerprint density at radius 3 is 2.44 bits per heavy atom. The van der Waals surface area contributed by atoms with Crippen molar-refractivity contribution >= 4 is 11.8 Å². The van der Waals surface area contributed by atoms with Crippen molar-refractivity contribution in [1.82, 2.24) is 10.2 Å². The lowest BCUT2D eigenvalue weighted by molar-refractivity contribution is -0.145. The molecule has 1 aliphatic heterocycles. The number of amides is 2. The first-order valence-corrected chi connectivity index (χ1v) is 9.09. The van der Waals surface area contributed by atoms with E-state index in [2.05, 4.69) is 17.4 Å². The van der Waals surface area contributed by atoms with E-state index in [0.29, 0.717) is 45.7 Å². The molecule has 1 heterocycles. The minimum absolute atomic E-state index is 0.00751. The van der Waals surface area contributed by atoms with Gasteiger partial charge in [0, 0.05) is 19.6 Å². The molecule has 1 saturated heterocycles. The number of nitrogens with one attached hydrogen (secondary N) is 1. The van der Waals surface area contributed by atoms with Gasteiger partial charge in [-0.3, -0.25) is 9.59 Å². The van der Waals surface area contributed by atoms with Crippen molar-refractivity contribution < 1.29 is 14.3 Å². The summed E-state index contributed by atoms with van der Waals surface area (Å²) < 4.78 is 5.32. The number of carbonyl (C=O) groups is 2. The third-order valence-electron chi connectivity index (χ3n) is 4.96. The van der Waals surface area contributed by atoms with E-state index < -0.39 is 0 Å². The van der Waals surface area contributed by atoms with E-state index in [1.807, 2.05) is 35.3 Å². The Morgan fingerprint density at radius 1 is 1.04 bits per heavy atom. The third kappa shape index (κ3) is 4.69. The zero-order chi connectivity index (χ0) is 17.5. The van der Waals surface area contributed by atoms with Crippen LogP contribution in [-0.4, -0.2) is 49.6 Å². The number of benzene rings is 1. The zero-order valence-electron chi connectivity index (χ0n) is 14.5. The van der Waals surface area contributed by atoms with Gasteiger partial charge in [-0.15, -0.1) is 0 Å². The van der Waals surface area contributed by atoms with Gasteiger partial charge in [0.1, 0.15) is 0 Å². The number of hydrogen-bond donors (Lipinski definition) is 1. The van der Waals surface area contributed by atoms with Gasteiger partial charge in [0.15, 0.2) is 0 Å². The fraction of sp³-hybridized carbons (Fsp3) is 0.500. The molecule has 0 saturated carbocycles. The summed E-state index contributed by atoms with van der Waals surface area (Å²) in [6.45, 7) is 3.02. The van der Waals surface area contributed by atoms with Gasteiger partial charge in [-0.25, -0.2) is 0 Å². The highest BCUT2D eigenvalue weighted by Gasteiger charge is 2.36. The van der Waals surface area contributed by atoms with Crippen LogP contribution in [0, 0.1) is 11.8 Å². The fourth-order valence-corrected chi connectivity index (χ4v) is 3.50. The van der Waals surface area contributed by atoms with Gasteiger partial charge in [-0.2, -0.15) is 0 Å². The Labute approximate surface area is 149 Å². The summed E-state index contributed by atoms with van der Waals surface area (Å²) in [7, 11) is 0. The molecule has 0 bridgehead atoms. The Morgan fingerprint density at radius 2 is 1.72 bits per heavy atom. The van der Waals surface area contributed by atoms with E-state index >= 15 is 0 Å². The maximum atomic E-state index is 12.8. The lowest BCUT2D eigenvalue weighted by Crippen LogP contribution is -2.48. The maximum Gasteiger partial charge on any atom is 0.226 e. The summed E-state index contributed by atoms with van der Waals surface area (Å²) in [5.41, 5.74) is 1.20. The molecule has 0 radical (unpaired) electrons. The molecule has 1 aromatic carbocycles. The van der Waals surface area contributed by atoms with Crippen LogP contribution in [0.2, 0.25) is 0 Å². The minimum atomic E-state index is -0.267. The van der Waals surface area contributed by atoms with E-state index in [0.717, 1.165) is 6.42 Å². The van der Waals surface area contributed by atoms with Gasteiger partial charge >= 0.3 is 0 Å². The molecule has 1 aliphatic carbocycles. The van der Waals surface area contributed by atoms with E-state index in [1.54, 1.807) is 0 Å². The molecule has 5 nitrogen and oxygen atoms in total. The average Bonchev–Trinajstić information content (AvgIpc) is 2.69. The average molecular weight is 342 g/mol. The van der Waals surface area contributed by atoms with Crippen LogP contribution in [0.5, 0.6) is 0 Å². The van der Waals surface area contributed by atoms with Crippen molar-refractivity contribution in [3.8, 4) is 0 Å². The molecular formula is C20H26N2O3. The smallest absolute Gasteiger partial charge is 0.226 e. The van der Waals surface area contributed by atoms with E-state index in [-0.39, 0.29) is 23.7 Å². The van der Waals surface area contributed by atoms with Gasteiger partial charge in [-0.05, 0) is 24.8 Å². The van der Waals surface area contributed by atoms with Crippen molar-refractivity contribution in [1.29, 1.82) is 0 Å². The fourth-order valence-electron chi connectivity index (χ4n) is 3.50. The van der Waals surface area contributed by atoms with Crippen LogP contribution in [0.3, 0.4) is 0 Å². The first-order chi connectivity index (χ1) is 12.3. The lowest BCUT2D eigenvalue weighted by atomic mass is 9.81. The highest BCUT2D eigenvalue weighted by Crippen LogP contribution is 2.28. The minimum Gasteiger partial charge on any atom is -0.378 e. The van der Waals surface area contributed by atoms with Crippen molar-refractivity contribution in [3.63, 3.8) is 0 Å². The summed E-state index contributed by atoms with van der Waals surface area (Å²) in [4.78, 5) is 27.3. The molecule has 5 heteroatoms. The third-order valence-corrected chi connectivity index (χ3v) is 4.96. The summed E-state index contributed by atoms with van der Waals surface area (Å²) in [6, 6.07) is 10.1. The highest BCUT2D eigenvalue weighted by atomic mass is 16.5. The normalized spacial score (nSPS) is 23.3. The van der Waals surface area contributed by atoms with Gasteiger partial charge < -0.3 is 15.0 Å². The Hall–Kier alpha value is -2.14. The SMILES string of the molecule is O=C(NCCc1ccccc1)C1CC=CCC1C(=O)N1CCOCC1. The van der Waals surface area contributed by atoms with E-state index in [9.17, 15) is 9.59 Å². The van der Waals surface area contributed by atoms with Crippen LogP contribution in [0.25, 0.3) is 0 Å². The summed E-state index contributed by atoms with van der Waals surface area (Å²) in [5, 5.41) is 3.02. The molecule has 0 spiro atoms. The number of allylic oxidation sites excluding steroid dienone is 2. The van der Waals surface area contributed by atoms with Crippen LogP contribution in [-0.2, 0) is 20.7 Å². The standard InChI is InChI=1S/C20H26N2O3/c23-19(21-11-10-16-6-2-1-3-7-16)17-8-4-5-9-18(17)20(24)22-12-14-25-15-13-22/h1-7,17-18H,8-15H2,(H,21,23). The quantitative estimate of drug-likeness (QED) is 0.830. The van der Waals surface area contributed by atoms with Crippen molar-refractivity contribution in [2.45, 2.75) is 19.3 Å². The molecule has 2 unspecified atom stereocenters. The Balaban J connectivity index is 1.55. The first kappa shape index (κ1) is 17.7. The van der Waals surface area contributed by atoms with Gasteiger partial charge in [-0.1, -0.05) is 42.5 Å². The number of nitrogens with zero attached hydrogens (tertiary/aromatic N) is 1. The molecule has 2 atom stereocenters. The number of rotatable bonds is 5. The molecule has 2 amide bonds. The predicted molar refractivity (Wildman–Crippen MR) is 95.9 cm³/mol. The summed E-state index contributed by atoms with van der Waals surface area (Å²) in [5.74, 6) is -0.432. The van der Waals surface area contributed by atoms with E-state index in [4.69, 9.17) is 4.74 Å². The highest BCUT2D eigenvalue weighted by molar-refractivity contribution is 5.88.